The van der Waals surface area contributed by atoms with Crippen molar-refractivity contribution in [3.63, 3.8) is 0 Å². The molecule has 2 aliphatic rings. The summed E-state index contributed by atoms with van der Waals surface area (Å²) in [5.41, 5.74) is 2.21. The van der Waals surface area contributed by atoms with Gasteiger partial charge in [-0.25, -0.2) is 4.99 Å². The van der Waals surface area contributed by atoms with Gasteiger partial charge >= 0.3 is 0 Å². The van der Waals surface area contributed by atoms with E-state index in [1.54, 1.807) is 0 Å². The molecule has 3 heterocycles. The van der Waals surface area contributed by atoms with Gasteiger partial charge in [-0.3, -0.25) is 14.7 Å². The first-order valence-corrected chi connectivity index (χ1v) is 10.5. The molecule has 158 valence electrons. The topological polar surface area (TPSA) is 76.0 Å². The molecule has 0 amide bonds. The van der Waals surface area contributed by atoms with Crippen molar-refractivity contribution in [1.29, 1.82) is 0 Å². The lowest BCUT2D eigenvalue weighted by molar-refractivity contribution is 0.0322. The molecule has 2 aromatic rings. The molecule has 1 aromatic carbocycles. The molecule has 1 atom stereocenters. The van der Waals surface area contributed by atoms with Crippen LogP contribution in [0.2, 0.25) is 0 Å². The molecule has 2 N–H and O–H groups in total. The van der Waals surface area contributed by atoms with E-state index in [-0.39, 0.29) is 6.35 Å². The summed E-state index contributed by atoms with van der Waals surface area (Å²) in [6.07, 6.45) is 3.70. The molecule has 0 radical (unpaired) electrons. The minimum Gasteiger partial charge on any atom is -0.492 e. The zero-order valence-corrected chi connectivity index (χ0v) is 17.1. The number of fused-ring (bicyclic) bond motifs is 1. The lowest BCUT2D eigenvalue weighted by atomic mass is 10.2. The molecule has 8 nitrogen and oxygen atoms in total. The first kappa shape index (κ1) is 20.0. The third-order valence-electron chi connectivity index (χ3n) is 5.20. The number of unbranched alkanes of at least 4 members (excludes halogenated alkanes) is 1. The lowest BCUT2D eigenvalue weighted by Crippen LogP contribution is -2.38. The van der Waals surface area contributed by atoms with Crippen LogP contribution in [-0.4, -0.2) is 73.3 Å². The van der Waals surface area contributed by atoms with Crippen LogP contribution in [-0.2, 0) is 16.0 Å². The van der Waals surface area contributed by atoms with Crippen LogP contribution >= 0.6 is 0 Å². The van der Waals surface area contributed by atoms with Crippen LogP contribution in [0.1, 0.15) is 31.0 Å². The molecule has 1 aromatic heterocycles. The smallest absolute Gasteiger partial charge is 0.226 e. The van der Waals surface area contributed by atoms with Gasteiger partial charge in [0.25, 0.3) is 0 Å². The number of nitrogens with one attached hydrogen (secondary N) is 2. The summed E-state index contributed by atoms with van der Waals surface area (Å²) in [5.74, 6) is 1.94. The zero-order chi connectivity index (χ0) is 19.9. The molecule has 0 spiro atoms. The normalized spacial score (nSPS) is 19.1. The summed E-state index contributed by atoms with van der Waals surface area (Å²) in [6, 6.07) is 8.29. The number of rotatable bonds is 10. The Morgan fingerprint density at radius 3 is 2.79 bits per heavy atom. The van der Waals surface area contributed by atoms with Crippen molar-refractivity contribution in [3.05, 3.63) is 35.5 Å². The second-order valence-corrected chi connectivity index (χ2v) is 7.41. The Balaban J connectivity index is 1.23. The minimum atomic E-state index is -0.299. The van der Waals surface area contributed by atoms with Crippen molar-refractivity contribution in [1.82, 2.24) is 14.7 Å². The molecule has 4 rings (SSSR count). The molecule has 8 heteroatoms. The van der Waals surface area contributed by atoms with Crippen LogP contribution in [0, 0.1) is 0 Å². The van der Waals surface area contributed by atoms with E-state index in [9.17, 15) is 0 Å². The Labute approximate surface area is 171 Å². The number of morpholine rings is 1. The minimum absolute atomic E-state index is 0.299. The van der Waals surface area contributed by atoms with Gasteiger partial charge in [0.2, 0.25) is 6.35 Å². The summed E-state index contributed by atoms with van der Waals surface area (Å²) < 4.78 is 19.1. The number of anilines is 1. The number of ether oxygens (including phenoxy) is 3. The fourth-order valence-electron chi connectivity index (χ4n) is 3.42. The Kier molecular flexibility index (Phi) is 6.87. The SMILES string of the molecule is CCCCOC1N=Cc2[nH]n(Cc3ccc(OCCN4CCOCC4)cc3)c2N1. The van der Waals surface area contributed by atoms with Crippen molar-refractivity contribution in [3.8, 4) is 5.75 Å². The fourth-order valence-corrected chi connectivity index (χ4v) is 3.42. The molecule has 0 bridgehead atoms. The van der Waals surface area contributed by atoms with Crippen LogP contribution in [0.15, 0.2) is 29.3 Å². The summed E-state index contributed by atoms with van der Waals surface area (Å²) in [7, 11) is 0. The second-order valence-electron chi connectivity index (χ2n) is 7.41. The van der Waals surface area contributed by atoms with Crippen LogP contribution in [0.25, 0.3) is 0 Å². The van der Waals surface area contributed by atoms with Crippen LogP contribution in [0.4, 0.5) is 5.82 Å². The van der Waals surface area contributed by atoms with Gasteiger partial charge in [0, 0.05) is 19.6 Å². The van der Waals surface area contributed by atoms with E-state index in [4.69, 9.17) is 14.2 Å². The van der Waals surface area contributed by atoms with Crippen molar-refractivity contribution >= 4 is 12.0 Å². The highest BCUT2D eigenvalue weighted by Crippen LogP contribution is 2.23. The van der Waals surface area contributed by atoms with Gasteiger partial charge in [0.1, 0.15) is 18.1 Å². The quantitative estimate of drug-likeness (QED) is 0.599. The third kappa shape index (κ3) is 5.41. The van der Waals surface area contributed by atoms with Gasteiger partial charge < -0.3 is 19.5 Å². The first-order chi connectivity index (χ1) is 14.3. The molecule has 29 heavy (non-hydrogen) atoms. The number of aromatic nitrogens is 2. The Hall–Kier alpha value is -2.29. The van der Waals surface area contributed by atoms with E-state index in [1.165, 1.54) is 5.56 Å². The van der Waals surface area contributed by atoms with Gasteiger partial charge in [-0.2, -0.15) is 0 Å². The van der Waals surface area contributed by atoms with E-state index < -0.39 is 0 Å². The highest BCUT2D eigenvalue weighted by atomic mass is 16.5. The molecular weight excluding hydrogens is 370 g/mol. The Morgan fingerprint density at radius 2 is 2.00 bits per heavy atom. The Morgan fingerprint density at radius 1 is 1.17 bits per heavy atom. The largest absolute Gasteiger partial charge is 0.492 e. The van der Waals surface area contributed by atoms with Gasteiger partial charge in [-0.1, -0.05) is 25.5 Å². The van der Waals surface area contributed by atoms with Gasteiger partial charge in [0.15, 0.2) is 5.82 Å². The van der Waals surface area contributed by atoms with Gasteiger partial charge in [-0.05, 0) is 24.1 Å². The van der Waals surface area contributed by atoms with E-state index in [1.807, 2.05) is 18.3 Å². The van der Waals surface area contributed by atoms with Crippen molar-refractivity contribution in [2.45, 2.75) is 32.7 Å². The summed E-state index contributed by atoms with van der Waals surface area (Å²) in [5, 5.41) is 6.64. The highest BCUT2D eigenvalue weighted by molar-refractivity contribution is 5.86. The van der Waals surface area contributed by atoms with Crippen LogP contribution < -0.4 is 10.1 Å². The van der Waals surface area contributed by atoms with Gasteiger partial charge in [0.05, 0.1) is 32.6 Å². The molecule has 0 aliphatic carbocycles. The highest BCUT2D eigenvalue weighted by Gasteiger charge is 2.21. The maximum atomic E-state index is 5.89. The van der Waals surface area contributed by atoms with E-state index in [0.29, 0.717) is 13.2 Å². The number of hydrogen-bond acceptors (Lipinski definition) is 6. The van der Waals surface area contributed by atoms with Gasteiger partial charge in [-0.15, -0.1) is 0 Å². The fraction of sp³-hybridized carbons (Fsp3) is 0.571. The standard InChI is InChI=1S/C21H31N5O3/c1-2-3-11-29-21-22-15-19-20(23-21)26(24-19)16-17-4-6-18(7-5-17)28-14-10-25-8-12-27-13-9-25/h4-7,15,21,23-24H,2-3,8-14,16H2,1H3. The molecular formula is C21H31N5O3. The van der Waals surface area contributed by atoms with Crippen molar-refractivity contribution in [2.24, 2.45) is 4.99 Å². The first-order valence-electron chi connectivity index (χ1n) is 10.5. The van der Waals surface area contributed by atoms with E-state index in [0.717, 1.165) is 69.5 Å². The molecule has 1 unspecified atom stereocenters. The second kappa shape index (κ2) is 9.96. The average Bonchev–Trinajstić information content (AvgIpc) is 2.75. The number of H-pyrrole nitrogens is 1. The average molecular weight is 402 g/mol. The molecule has 0 saturated carbocycles. The Bertz CT molecular complexity index is 777. The van der Waals surface area contributed by atoms with Crippen LogP contribution in [0.5, 0.6) is 5.75 Å². The maximum absolute atomic E-state index is 5.89. The summed E-state index contributed by atoms with van der Waals surface area (Å²) >= 11 is 0. The molecule has 2 aliphatic heterocycles. The summed E-state index contributed by atoms with van der Waals surface area (Å²) in [6.45, 7) is 8.90. The number of aromatic amines is 1. The zero-order valence-electron chi connectivity index (χ0n) is 17.1. The number of nitrogens with zero attached hydrogens (tertiary/aromatic N) is 3. The third-order valence-corrected chi connectivity index (χ3v) is 5.20. The predicted molar refractivity (Wildman–Crippen MR) is 113 cm³/mol. The molecule has 1 fully saturated rings. The molecule has 1 saturated heterocycles. The number of benzene rings is 1. The number of aliphatic imine (C=N–C) groups is 1. The summed E-state index contributed by atoms with van der Waals surface area (Å²) in [4.78, 5) is 6.74. The van der Waals surface area contributed by atoms with E-state index in [2.05, 4.69) is 44.0 Å². The lowest BCUT2D eigenvalue weighted by Gasteiger charge is -2.29. The van der Waals surface area contributed by atoms with Crippen LogP contribution in [0.3, 0.4) is 0 Å². The number of hydrogen-bond donors (Lipinski definition) is 2. The maximum Gasteiger partial charge on any atom is 0.226 e. The van der Waals surface area contributed by atoms with Crippen molar-refractivity contribution < 1.29 is 14.2 Å². The van der Waals surface area contributed by atoms with E-state index >= 15 is 0 Å². The monoisotopic (exact) mass is 401 g/mol. The predicted octanol–water partition coefficient (Wildman–Crippen LogP) is 2.52. The van der Waals surface area contributed by atoms with Crippen molar-refractivity contribution in [2.75, 3.05) is 51.4 Å².